The summed E-state index contributed by atoms with van der Waals surface area (Å²) in [5, 5.41) is 8.54. The number of pyridine rings is 1. The molecule has 1 amide bonds. The summed E-state index contributed by atoms with van der Waals surface area (Å²) < 4.78 is 1.89. The highest BCUT2D eigenvalue weighted by Crippen LogP contribution is 2.32. The van der Waals surface area contributed by atoms with Gasteiger partial charge in [0.05, 0.1) is 23.2 Å². The molecule has 5 heteroatoms. The van der Waals surface area contributed by atoms with Crippen LogP contribution in [0.4, 0.5) is 0 Å². The Bertz CT molecular complexity index is 1000. The lowest BCUT2D eigenvalue weighted by Gasteiger charge is -2.16. The smallest absolute Gasteiger partial charge is 0.252 e. The van der Waals surface area contributed by atoms with Crippen molar-refractivity contribution in [3.05, 3.63) is 58.9 Å². The number of benzene rings is 1. The van der Waals surface area contributed by atoms with Crippen molar-refractivity contribution < 1.29 is 4.79 Å². The van der Waals surface area contributed by atoms with Gasteiger partial charge in [0.15, 0.2) is 5.65 Å². The molecule has 2 heterocycles. The lowest BCUT2D eigenvalue weighted by molar-refractivity contribution is 0.0938. The first-order valence-electron chi connectivity index (χ1n) is 9.72. The zero-order chi connectivity index (χ0) is 19.1. The van der Waals surface area contributed by atoms with Crippen LogP contribution in [-0.4, -0.2) is 20.7 Å². The monoisotopic (exact) mass is 362 g/mol. The second kappa shape index (κ2) is 6.80. The average Bonchev–Trinajstić information content (AvgIpc) is 3.25. The van der Waals surface area contributed by atoms with E-state index in [1.807, 2.05) is 16.8 Å². The summed E-state index contributed by atoms with van der Waals surface area (Å²) in [4.78, 5) is 18.0. The number of aryl methyl sites for hydroxylation is 1. The van der Waals surface area contributed by atoms with E-state index in [0.29, 0.717) is 5.56 Å². The highest BCUT2D eigenvalue weighted by atomic mass is 16.1. The van der Waals surface area contributed by atoms with Crippen molar-refractivity contribution in [1.82, 2.24) is 20.1 Å². The van der Waals surface area contributed by atoms with Crippen molar-refractivity contribution in [2.75, 3.05) is 0 Å². The third-order valence-electron chi connectivity index (χ3n) is 5.35. The van der Waals surface area contributed by atoms with E-state index in [9.17, 15) is 4.79 Å². The van der Waals surface area contributed by atoms with Crippen LogP contribution in [0.15, 0.2) is 36.5 Å². The third kappa shape index (κ3) is 3.11. The molecular formula is C22H26N4O. The minimum absolute atomic E-state index is 0.0469. The van der Waals surface area contributed by atoms with E-state index in [1.54, 1.807) is 6.20 Å². The van der Waals surface area contributed by atoms with Crippen LogP contribution in [-0.2, 0) is 6.42 Å². The molecule has 1 aliphatic carbocycles. The molecule has 140 valence electrons. The number of nitrogens with zero attached hydrogens (tertiary/aromatic N) is 3. The fourth-order valence-corrected chi connectivity index (χ4v) is 3.84. The van der Waals surface area contributed by atoms with E-state index in [0.717, 1.165) is 29.6 Å². The van der Waals surface area contributed by atoms with Gasteiger partial charge in [0.2, 0.25) is 0 Å². The van der Waals surface area contributed by atoms with E-state index in [4.69, 9.17) is 4.98 Å². The fourth-order valence-electron chi connectivity index (χ4n) is 3.84. The molecule has 4 rings (SSSR count). The molecule has 0 saturated carbocycles. The van der Waals surface area contributed by atoms with Crippen LogP contribution >= 0.6 is 0 Å². The number of rotatable bonds is 4. The molecule has 0 aliphatic heterocycles. The van der Waals surface area contributed by atoms with Gasteiger partial charge < -0.3 is 5.32 Å². The minimum atomic E-state index is -0.0469. The van der Waals surface area contributed by atoms with Gasteiger partial charge in [0, 0.05) is 11.7 Å². The summed E-state index contributed by atoms with van der Waals surface area (Å²) in [5.41, 5.74) is 4.94. The van der Waals surface area contributed by atoms with Gasteiger partial charge in [0.1, 0.15) is 0 Å². The van der Waals surface area contributed by atoms with Crippen LogP contribution in [0.25, 0.3) is 11.0 Å². The Morgan fingerprint density at radius 1 is 1.22 bits per heavy atom. The first-order chi connectivity index (χ1) is 13.0. The van der Waals surface area contributed by atoms with Crippen molar-refractivity contribution in [3.63, 3.8) is 0 Å². The molecule has 0 fully saturated rings. The molecule has 2 aromatic heterocycles. The molecule has 1 aliphatic rings. The van der Waals surface area contributed by atoms with Crippen molar-refractivity contribution >= 4 is 16.9 Å². The Hall–Kier alpha value is -2.69. The zero-order valence-electron chi connectivity index (χ0n) is 16.4. The minimum Gasteiger partial charge on any atom is -0.345 e. The molecule has 0 radical (unpaired) electrons. The Morgan fingerprint density at radius 2 is 2.00 bits per heavy atom. The van der Waals surface area contributed by atoms with Crippen molar-refractivity contribution in [1.29, 1.82) is 0 Å². The number of hydrogen-bond donors (Lipinski definition) is 1. The first-order valence-corrected chi connectivity index (χ1v) is 9.72. The van der Waals surface area contributed by atoms with Crippen LogP contribution in [0.3, 0.4) is 0 Å². The summed E-state index contributed by atoms with van der Waals surface area (Å²) >= 11 is 0. The van der Waals surface area contributed by atoms with Gasteiger partial charge in [-0.3, -0.25) is 4.79 Å². The predicted octanol–water partition coefficient (Wildman–Crippen LogP) is 4.55. The third-order valence-corrected chi connectivity index (χ3v) is 5.35. The number of carbonyl (C=O) groups is 1. The number of hydrogen-bond acceptors (Lipinski definition) is 3. The van der Waals surface area contributed by atoms with Gasteiger partial charge in [-0.25, -0.2) is 9.67 Å². The van der Waals surface area contributed by atoms with Crippen LogP contribution in [0.1, 0.15) is 79.3 Å². The fraction of sp³-hybridized carbons (Fsp3) is 0.409. The molecule has 0 spiro atoms. The van der Waals surface area contributed by atoms with Crippen LogP contribution in [0, 0.1) is 0 Å². The van der Waals surface area contributed by atoms with Gasteiger partial charge in [-0.1, -0.05) is 38.1 Å². The maximum absolute atomic E-state index is 13.2. The summed E-state index contributed by atoms with van der Waals surface area (Å²) in [6.45, 7) is 8.34. The highest BCUT2D eigenvalue weighted by Gasteiger charge is 2.26. The molecule has 0 saturated heterocycles. The highest BCUT2D eigenvalue weighted by molar-refractivity contribution is 6.05. The van der Waals surface area contributed by atoms with Gasteiger partial charge in [-0.15, -0.1) is 0 Å². The molecule has 1 aromatic carbocycles. The number of aromatic nitrogens is 3. The van der Waals surface area contributed by atoms with Gasteiger partial charge in [-0.05, 0) is 49.8 Å². The summed E-state index contributed by atoms with van der Waals surface area (Å²) in [7, 11) is 0. The molecule has 3 aromatic rings. The van der Waals surface area contributed by atoms with Crippen LogP contribution in [0.5, 0.6) is 0 Å². The van der Waals surface area contributed by atoms with Gasteiger partial charge in [0.25, 0.3) is 5.91 Å². The number of nitrogens with one attached hydrogen (secondary N) is 1. The summed E-state index contributed by atoms with van der Waals surface area (Å²) in [5.74, 6) is 0.193. The van der Waals surface area contributed by atoms with Crippen LogP contribution in [0.2, 0.25) is 0 Å². The molecule has 27 heavy (non-hydrogen) atoms. The maximum Gasteiger partial charge on any atom is 0.252 e. The van der Waals surface area contributed by atoms with Gasteiger partial charge in [-0.2, -0.15) is 5.10 Å². The van der Waals surface area contributed by atoms with E-state index >= 15 is 0 Å². The Morgan fingerprint density at radius 3 is 2.74 bits per heavy atom. The van der Waals surface area contributed by atoms with Gasteiger partial charge >= 0.3 is 0 Å². The number of carbonyl (C=O) groups excluding carboxylic acids is 1. The first kappa shape index (κ1) is 17.7. The summed E-state index contributed by atoms with van der Waals surface area (Å²) in [6, 6.07) is 10.5. The van der Waals surface area contributed by atoms with E-state index in [2.05, 4.69) is 56.3 Å². The maximum atomic E-state index is 13.2. The second-order valence-electron chi connectivity index (χ2n) is 7.93. The van der Waals surface area contributed by atoms with Crippen molar-refractivity contribution in [2.24, 2.45) is 0 Å². The Labute approximate surface area is 159 Å². The van der Waals surface area contributed by atoms with E-state index in [-0.39, 0.29) is 23.9 Å². The Balaban J connectivity index is 1.73. The largest absolute Gasteiger partial charge is 0.345 e. The van der Waals surface area contributed by atoms with E-state index < -0.39 is 0 Å². The molecule has 5 nitrogen and oxygen atoms in total. The molecule has 1 unspecified atom stereocenters. The SMILES string of the molecule is CC(C)c1cc(C(=O)NC2CCc3ccccc32)c2cnn(C(C)C)c2n1. The summed E-state index contributed by atoms with van der Waals surface area (Å²) in [6.07, 6.45) is 3.72. The number of amides is 1. The topological polar surface area (TPSA) is 59.8 Å². The molecule has 1 atom stereocenters. The lowest BCUT2D eigenvalue weighted by Crippen LogP contribution is -2.27. The molecule has 0 bridgehead atoms. The Kier molecular flexibility index (Phi) is 4.46. The average molecular weight is 362 g/mol. The second-order valence-corrected chi connectivity index (χ2v) is 7.93. The number of fused-ring (bicyclic) bond motifs is 2. The normalized spacial score (nSPS) is 16.3. The standard InChI is InChI=1S/C22H26N4O/c1-13(2)20-11-17(18-12-23-26(14(3)4)21(18)24-20)22(27)25-19-10-9-15-7-5-6-8-16(15)19/h5-8,11-14,19H,9-10H2,1-4H3,(H,25,27). The quantitative estimate of drug-likeness (QED) is 0.740. The van der Waals surface area contributed by atoms with E-state index in [1.165, 1.54) is 11.1 Å². The predicted molar refractivity (Wildman–Crippen MR) is 107 cm³/mol. The molecular weight excluding hydrogens is 336 g/mol. The zero-order valence-corrected chi connectivity index (χ0v) is 16.4. The van der Waals surface area contributed by atoms with Crippen LogP contribution < -0.4 is 5.32 Å². The lowest BCUT2D eigenvalue weighted by atomic mass is 10.0. The van der Waals surface area contributed by atoms with Crippen molar-refractivity contribution in [2.45, 2.75) is 58.5 Å². The molecule has 1 N–H and O–H groups in total. The van der Waals surface area contributed by atoms with Crippen molar-refractivity contribution in [3.8, 4) is 0 Å².